The largest absolute Gasteiger partial charge is 0.463 e. The summed E-state index contributed by atoms with van der Waals surface area (Å²) in [7, 11) is 0. The first-order chi connectivity index (χ1) is 17.0. The second kappa shape index (κ2) is 10.5. The molecule has 0 amide bonds. The van der Waals surface area contributed by atoms with Gasteiger partial charge in [-0.3, -0.25) is 24.6 Å². The summed E-state index contributed by atoms with van der Waals surface area (Å²) in [5.41, 5.74) is 3.40. The lowest BCUT2D eigenvalue weighted by atomic mass is 10.1. The molecule has 0 saturated carbocycles. The molecule has 1 fully saturated rings. The molecule has 0 aliphatic carbocycles. The van der Waals surface area contributed by atoms with Crippen molar-refractivity contribution in [2.75, 3.05) is 13.2 Å². The fourth-order valence-electron chi connectivity index (χ4n) is 3.51. The van der Waals surface area contributed by atoms with E-state index in [1.54, 1.807) is 6.92 Å². The van der Waals surface area contributed by atoms with E-state index in [4.69, 9.17) is 34.8 Å². The quantitative estimate of drug-likeness (QED) is 0.182. The Morgan fingerprint density at radius 1 is 1.06 bits per heavy atom. The van der Waals surface area contributed by atoms with Gasteiger partial charge in [0.05, 0.1) is 6.61 Å². The van der Waals surface area contributed by atoms with Crippen molar-refractivity contribution >= 4 is 40.9 Å². The van der Waals surface area contributed by atoms with Crippen LogP contribution in [0, 0.1) is 5.41 Å². The molecule has 194 valence electrons. The van der Waals surface area contributed by atoms with Crippen LogP contribution in [0.25, 0.3) is 11.0 Å². The predicted octanol–water partition coefficient (Wildman–Crippen LogP) is -1.77. The van der Waals surface area contributed by atoms with Gasteiger partial charge in [0.1, 0.15) is 12.7 Å². The van der Waals surface area contributed by atoms with E-state index in [0.29, 0.717) is 9.36 Å². The molecule has 17 nitrogen and oxygen atoms in total. The summed E-state index contributed by atoms with van der Waals surface area (Å²) in [5.74, 6) is -3.89. The second-order valence-corrected chi connectivity index (χ2v) is 7.42. The fraction of sp³-hybridized carbons (Fsp3) is 0.526. The zero-order valence-corrected chi connectivity index (χ0v) is 19.6. The van der Waals surface area contributed by atoms with Crippen molar-refractivity contribution in [3.63, 3.8) is 0 Å². The maximum atomic E-state index is 13.4. The summed E-state index contributed by atoms with van der Waals surface area (Å²) in [6.07, 6.45) is -5.41. The predicted molar refractivity (Wildman–Crippen MR) is 115 cm³/mol. The molecule has 0 bridgehead atoms. The highest BCUT2D eigenvalue weighted by Gasteiger charge is 2.51. The van der Waals surface area contributed by atoms with Gasteiger partial charge in [0, 0.05) is 20.8 Å². The molecule has 17 heteroatoms. The number of aromatic nitrogens is 5. The van der Waals surface area contributed by atoms with Crippen molar-refractivity contribution in [1.29, 1.82) is 5.41 Å². The Morgan fingerprint density at radius 2 is 1.69 bits per heavy atom. The number of fused-ring (bicyclic) bond motifs is 1. The third-order valence-corrected chi connectivity index (χ3v) is 4.79. The fourth-order valence-corrected chi connectivity index (χ4v) is 3.51. The van der Waals surface area contributed by atoms with Gasteiger partial charge in [0.25, 0.3) is 5.56 Å². The number of carbonyl (C=O) groups is 4. The van der Waals surface area contributed by atoms with Gasteiger partial charge in [0.2, 0.25) is 5.96 Å². The van der Waals surface area contributed by atoms with Crippen molar-refractivity contribution in [2.45, 2.75) is 52.2 Å². The lowest BCUT2D eigenvalue weighted by Crippen LogP contribution is -2.42. The average molecular weight is 509 g/mol. The van der Waals surface area contributed by atoms with Crippen LogP contribution in [0.15, 0.2) is 4.79 Å². The van der Waals surface area contributed by atoms with E-state index < -0.39 is 77.8 Å². The summed E-state index contributed by atoms with van der Waals surface area (Å²) in [6.45, 7) is 4.46. The molecular formula is C19H23N7O10. The van der Waals surface area contributed by atoms with E-state index in [-0.39, 0.29) is 12.1 Å². The number of rotatable bonds is 7. The SMILES string of the molecule is CCOC(=O)c1nn(C(=N)N)c2c(=O)n(C3OC(COC(C)=O)C(OC(C)=O)C3OC(C)=O)nnc12. The summed E-state index contributed by atoms with van der Waals surface area (Å²) in [6, 6.07) is 0. The zero-order valence-electron chi connectivity index (χ0n) is 19.6. The lowest BCUT2D eigenvalue weighted by Gasteiger charge is -2.23. The first-order valence-corrected chi connectivity index (χ1v) is 10.5. The van der Waals surface area contributed by atoms with Crippen LogP contribution in [-0.4, -0.2) is 86.1 Å². The van der Waals surface area contributed by atoms with Gasteiger partial charge in [-0.05, 0) is 6.92 Å². The van der Waals surface area contributed by atoms with E-state index in [2.05, 4.69) is 15.4 Å². The minimum Gasteiger partial charge on any atom is -0.463 e. The Kier molecular flexibility index (Phi) is 7.62. The number of hydrogen-bond acceptors (Lipinski definition) is 14. The van der Waals surface area contributed by atoms with E-state index in [1.807, 2.05) is 0 Å². The van der Waals surface area contributed by atoms with Crippen LogP contribution < -0.4 is 11.3 Å². The molecule has 0 aromatic carbocycles. The molecular weight excluding hydrogens is 486 g/mol. The molecule has 4 atom stereocenters. The van der Waals surface area contributed by atoms with E-state index in [0.717, 1.165) is 20.8 Å². The number of nitrogens with one attached hydrogen (secondary N) is 1. The maximum absolute atomic E-state index is 13.4. The molecule has 4 unspecified atom stereocenters. The molecule has 2 aromatic rings. The van der Waals surface area contributed by atoms with Crippen LogP contribution in [0.1, 0.15) is 44.4 Å². The minimum atomic E-state index is -1.52. The highest BCUT2D eigenvalue weighted by Crippen LogP contribution is 2.33. The molecule has 1 aliphatic heterocycles. The molecule has 3 N–H and O–H groups in total. The van der Waals surface area contributed by atoms with Gasteiger partial charge in [0.15, 0.2) is 35.2 Å². The van der Waals surface area contributed by atoms with Crippen molar-refractivity contribution in [1.82, 2.24) is 24.8 Å². The van der Waals surface area contributed by atoms with Crippen LogP contribution in [0.4, 0.5) is 0 Å². The van der Waals surface area contributed by atoms with Crippen LogP contribution in [-0.2, 0) is 38.1 Å². The number of carbonyl (C=O) groups excluding carboxylic acids is 4. The van der Waals surface area contributed by atoms with Crippen LogP contribution in [0.5, 0.6) is 0 Å². The summed E-state index contributed by atoms with van der Waals surface area (Å²) >= 11 is 0. The second-order valence-electron chi connectivity index (χ2n) is 7.42. The first kappa shape index (κ1) is 26.2. The van der Waals surface area contributed by atoms with Crippen molar-refractivity contribution < 1.29 is 42.9 Å². The Balaban J connectivity index is 2.16. The molecule has 2 aromatic heterocycles. The van der Waals surface area contributed by atoms with E-state index >= 15 is 0 Å². The number of nitrogens with two attached hydrogens (primary N) is 1. The molecule has 1 saturated heterocycles. The van der Waals surface area contributed by atoms with Crippen molar-refractivity contribution in [3.8, 4) is 0 Å². The molecule has 3 rings (SSSR count). The van der Waals surface area contributed by atoms with Gasteiger partial charge < -0.3 is 29.4 Å². The van der Waals surface area contributed by atoms with Crippen molar-refractivity contribution in [2.24, 2.45) is 5.73 Å². The highest BCUT2D eigenvalue weighted by molar-refractivity contribution is 6.02. The maximum Gasteiger partial charge on any atom is 0.361 e. The third-order valence-electron chi connectivity index (χ3n) is 4.79. The average Bonchev–Trinajstić information content (AvgIpc) is 3.32. The normalized spacial score (nSPS) is 21.1. The number of nitrogen functional groups attached to an aromatic ring is 1. The Labute approximate surface area is 201 Å². The number of nitrogens with zero attached hydrogens (tertiary/aromatic N) is 5. The highest BCUT2D eigenvalue weighted by atomic mass is 16.7. The van der Waals surface area contributed by atoms with E-state index in [1.165, 1.54) is 0 Å². The topological polar surface area (TPSA) is 230 Å². The van der Waals surface area contributed by atoms with Gasteiger partial charge in [-0.25, -0.2) is 4.79 Å². The molecule has 36 heavy (non-hydrogen) atoms. The molecule has 0 spiro atoms. The monoisotopic (exact) mass is 509 g/mol. The number of esters is 4. The smallest absolute Gasteiger partial charge is 0.361 e. The van der Waals surface area contributed by atoms with Crippen LogP contribution in [0.2, 0.25) is 0 Å². The Bertz CT molecular complexity index is 1290. The lowest BCUT2D eigenvalue weighted by molar-refractivity contribution is -0.166. The number of hydrogen-bond donors (Lipinski definition) is 2. The Hall–Kier alpha value is -4.41. The van der Waals surface area contributed by atoms with Crippen LogP contribution in [0.3, 0.4) is 0 Å². The molecule has 3 heterocycles. The van der Waals surface area contributed by atoms with Gasteiger partial charge >= 0.3 is 23.9 Å². The summed E-state index contributed by atoms with van der Waals surface area (Å²) in [5, 5.41) is 19.2. The molecule has 0 radical (unpaired) electrons. The van der Waals surface area contributed by atoms with Gasteiger partial charge in [-0.2, -0.15) is 14.5 Å². The Morgan fingerprint density at radius 3 is 2.25 bits per heavy atom. The standard InChI is InChI=1S/C19H23N7O10/c1-5-32-18(31)12-11-13(25(23-12)19(20)21)16(30)26(24-22-11)17-15(35-9(4)29)14(34-8(3)28)10(36-17)6-33-7(2)27/h10,14-15,17H,5-6H2,1-4H3,(H3,20,21). The zero-order chi connectivity index (χ0) is 26.7. The number of ether oxygens (including phenoxy) is 5. The van der Waals surface area contributed by atoms with Gasteiger partial charge in [-0.1, -0.05) is 5.21 Å². The van der Waals surface area contributed by atoms with Crippen molar-refractivity contribution in [3.05, 3.63) is 16.0 Å². The summed E-state index contributed by atoms with van der Waals surface area (Å²) < 4.78 is 27.4. The minimum absolute atomic E-state index is 0.00100. The third kappa shape index (κ3) is 5.14. The first-order valence-electron chi connectivity index (χ1n) is 10.5. The van der Waals surface area contributed by atoms with Gasteiger partial charge in [-0.15, -0.1) is 5.10 Å². The summed E-state index contributed by atoms with van der Waals surface area (Å²) in [4.78, 5) is 60.6. The molecule has 1 aliphatic rings. The van der Waals surface area contributed by atoms with E-state index in [9.17, 15) is 24.0 Å². The van der Waals surface area contributed by atoms with Crippen LogP contribution >= 0.6 is 0 Å².